The van der Waals surface area contributed by atoms with Gasteiger partial charge in [0.15, 0.2) is 11.6 Å². The van der Waals surface area contributed by atoms with Crippen LogP contribution in [0.3, 0.4) is 0 Å². The van der Waals surface area contributed by atoms with Gasteiger partial charge in [0.25, 0.3) is 0 Å². The number of rotatable bonds is 6. The van der Waals surface area contributed by atoms with Crippen molar-refractivity contribution in [3.8, 4) is 0 Å². The van der Waals surface area contributed by atoms with E-state index < -0.39 is 0 Å². The molecule has 174 valence electrons. The molecule has 0 bridgehead atoms. The van der Waals surface area contributed by atoms with E-state index in [1.54, 1.807) is 0 Å². The number of ketones is 2. The molecule has 33 heavy (non-hydrogen) atoms. The molecular formula is C31H38O2. The minimum atomic E-state index is -0.106. The number of benzene rings is 2. The maximum atomic E-state index is 13.5. The van der Waals surface area contributed by atoms with Gasteiger partial charge in [-0.3, -0.25) is 9.59 Å². The Morgan fingerprint density at radius 2 is 1.06 bits per heavy atom. The zero-order valence-electron chi connectivity index (χ0n) is 20.9. The predicted molar refractivity (Wildman–Crippen MR) is 134 cm³/mol. The van der Waals surface area contributed by atoms with Gasteiger partial charge in [0.2, 0.25) is 0 Å². The van der Waals surface area contributed by atoms with E-state index in [4.69, 9.17) is 0 Å². The topological polar surface area (TPSA) is 34.1 Å². The second-order valence-corrected chi connectivity index (χ2v) is 11.2. The van der Waals surface area contributed by atoms with E-state index in [2.05, 4.69) is 52.0 Å². The number of carbonyl (C=O) groups is 2. The van der Waals surface area contributed by atoms with Gasteiger partial charge in [-0.05, 0) is 73.6 Å². The van der Waals surface area contributed by atoms with Gasteiger partial charge in [0, 0.05) is 11.1 Å². The second-order valence-electron chi connectivity index (χ2n) is 11.2. The number of aryl methyl sites for hydroxylation is 2. The minimum Gasteiger partial charge on any atom is -0.294 e. The van der Waals surface area contributed by atoms with E-state index >= 15 is 0 Å². The first-order valence-electron chi connectivity index (χ1n) is 12.8. The Hall–Kier alpha value is -2.22. The summed E-state index contributed by atoms with van der Waals surface area (Å²) in [6, 6.07) is 14.6. The predicted octanol–water partition coefficient (Wildman–Crippen LogP) is 7.80. The Morgan fingerprint density at radius 1 is 0.697 bits per heavy atom. The van der Waals surface area contributed by atoms with Crippen LogP contribution in [0, 0.1) is 26.0 Å². The fraction of sp³-hybridized carbons (Fsp3) is 0.548. The van der Waals surface area contributed by atoms with Crippen molar-refractivity contribution in [2.24, 2.45) is 0 Å². The van der Waals surface area contributed by atoms with Gasteiger partial charge >= 0.3 is 0 Å². The average Bonchev–Trinajstić information content (AvgIpc) is 2.80. The van der Waals surface area contributed by atoms with Crippen LogP contribution in [0.5, 0.6) is 0 Å². The summed E-state index contributed by atoms with van der Waals surface area (Å²) in [5.41, 5.74) is 5.65. The lowest BCUT2D eigenvalue weighted by Crippen LogP contribution is -2.29. The molecule has 0 saturated heterocycles. The summed E-state index contributed by atoms with van der Waals surface area (Å²) >= 11 is 0. The van der Waals surface area contributed by atoms with Crippen LogP contribution in [0.2, 0.25) is 0 Å². The summed E-state index contributed by atoms with van der Waals surface area (Å²) in [4.78, 5) is 27.0. The quantitative estimate of drug-likeness (QED) is 0.338. The molecule has 2 radical (unpaired) electrons. The molecule has 2 fully saturated rings. The third kappa shape index (κ3) is 5.00. The molecule has 2 saturated carbocycles. The standard InChI is InChI=1S/C31H38O2/c1-22-11-13-24(26(19-22)30(3)15-7-5-8-16-30)28(32)21-29(33)25-14-12-23(2)20-27(25)31(4)17-9-6-10-18-31/h11-12,19-20H,5-10,15-18,21H2,1-4H3. The van der Waals surface area contributed by atoms with Gasteiger partial charge in [-0.15, -0.1) is 0 Å². The van der Waals surface area contributed by atoms with E-state index in [9.17, 15) is 9.59 Å². The monoisotopic (exact) mass is 442 g/mol. The number of hydrogen-bond acceptors (Lipinski definition) is 2. The van der Waals surface area contributed by atoms with Crippen LogP contribution >= 0.6 is 0 Å². The molecule has 0 atom stereocenters. The molecule has 0 heterocycles. The largest absolute Gasteiger partial charge is 0.294 e. The van der Waals surface area contributed by atoms with Crippen molar-refractivity contribution in [2.45, 2.75) is 109 Å². The molecule has 2 aliphatic rings. The maximum Gasteiger partial charge on any atom is 0.171 e. The van der Waals surface area contributed by atoms with Gasteiger partial charge in [0.05, 0.1) is 6.42 Å². The number of carbonyl (C=O) groups excluding carboxylic acids is 2. The highest BCUT2D eigenvalue weighted by Gasteiger charge is 2.35. The zero-order valence-corrected chi connectivity index (χ0v) is 20.9. The van der Waals surface area contributed by atoms with Crippen molar-refractivity contribution < 1.29 is 9.59 Å². The minimum absolute atomic E-state index is 0.00840. The Kier molecular flexibility index (Phi) is 6.93. The highest BCUT2D eigenvalue weighted by atomic mass is 16.1. The third-order valence-electron chi connectivity index (χ3n) is 8.26. The normalized spacial score (nSPS) is 19.8. The molecule has 0 aromatic heterocycles. The Labute approximate surface area is 200 Å². The highest BCUT2D eigenvalue weighted by Crippen LogP contribution is 2.42. The van der Waals surface area contributed by atoms with Gasteiger partial charge in [-0.1, -0.05) is 87.8 Å². The first-order valence-corrected chi connectivity index (χ1v) is 12.8. The Morgan fingerprint density at radius 3 is 1.42 bits per heavy atom. The van der Waals surface area contributed by atoms with Crippen molar-refractivity contribution in [1.82, 2.24) is 0 Å². The van der Waals surface area contributed by atoms with Crippen LogP contribution in [0.25, 0.3) is 0 Å². The van der Waals surface area contributed by atoms with E-state index in [0.29, 0.717) is 11.1 Å². The molecule has 0 aliphatic heterocycles. The third-order valence-corrected chi connectivity index (χ3v) is 8.26. The number of Topliss-reactive ketones (excluding diaryl/α,β-unsaturated/α-hetero) is 2. The lowest BCUT2D eigenvalue weighted by atomic mass is 9.68. The SMILES string of the molecule is Cc1c[c]c(C(=O)CC(=O)c2[c]cc(C)cc2C2(C)CCCCC2)c(C2(C)CCCCC2)c1. The number of hydrogen-bond donors (Lipinski definition) is 0. The summed E-state index contributed by atoms with van der Waals surface area (Å²) in [6.07, 6.45) is 11.5. The fourth-order valence-electron chi connectivity index (χ4n) is 6.15. The van der Waals surface area contributed by atoms with E-state index in [1.165, 1.54) is 38.5 Å². The summed E-state index contributed by atoms with van der Waals surface area (Å²) in [5, 5.41) is 0. The van der Waals surface area contributed by atoms with Crippen LogP contribution in [0.15, 0.2) is 24.3 Å². The molecule has 2 nitrogen and oxygen atoms in total. The molecule has 2 aliphatic carbocycles. The fourth-order valence-corrected chi connectivity index (χ4v) is 6.15. The van der Waals surface area contributed by atoms with E-state index in [-0.39, 0.29) is 28.8 Å². The summed E-state index contributed by atoms with van der Waals surface area (Å²) < 4.78 is 0. The van der Waals surface area contributed by atoms with Crippen molar-refractivity contribution in [1.29, 1.82) is 0 Å². The second kappa shape index (κ2) is 9.57. The average molecular weight is 443 g/mol. The summed E-state index contributed by atoms with van der Waals surface area (Å²) in [7, 11) is 0. The van der Waals surface area contributed by atoms with Crippen LogP contribution in [0.4, 0.5) is 0 Å². The van der Waals surface area contributed by atoms with Gasteiger partial charge < -0.3 is 0 Å². The molecule has 2 aromatic carbocycles. The van der Waals surface area contributed by atoms with Crippen LogP contribution in [-0.2, 0) is 10.8 Å². The maximum absolute atomic E-state index is 13.5. The molecular weight excluding hydrogens is 404 g/mol. The summed E-state index contributed by atoms with van der Waals surface area (Å²) in [5.74, 6) is -0.203. The zero-order chi connectivity index (χ0) is 23.6. The Balaban J connectivity index is 1.64. The highest BCUT2D eigenvalue weighted by molar-refractivity contribution is 6.14. The lowest BCUT2D eigenvalue weighted by molar-refractivity contribution is 0.0890. The molecule has 0 spiro atoms. The first kappa shape index (κ1) is 23.9. The Bertz CT molecular complexity index is 949. The van der Waals surface area contributed by atoms with E-state index in [0.717, 1.165) is 47.9 Å². The lowest BCUT2D eigenvalue weighted by Gasteiger charge is -2.36. The van der Waals surface area contributed by atoms with Crippen LogP contribution < -0.4 is 0 Å². The molecule has 2 heteroatoms. The van der Waals surface area contributed by atoms with Crippen molar-refractivity contribution >= 4 is 11.6 Å². The molecule has 0 N–H and O–H groups in total. The van der Waals surface area contributed by atoms with Crippen molar-refractivity contribution in [3.05, 3.63) is 69.8 Å². The van der Waals surface area contributed by atoms with Crippen LogP contribution in [-0.4, -0.2) is 11.6 Å². The van der Waals surface area contributed by atoms with Crippen LogP contribution in [0.1, 0.15) is 127 Å². The molecule has 0 unspecified atom stereocenters. The molecule has 0 amide bonds. The van der Waals surface area contributed by atoms with E-state index in [1.807, 2.05) is 12.1 Å². The summed E-state index contributed by atoms with van der Waals surface area (Å²) in [6.45, 7) is 8.68. The van der Waals surface area contributed by atoms with Gasteiger partial charge in [-0.2, -0.15) is 0 Å². The molecule has 4 rings (SSSR count). The molecule has 2 aromatic rings. The van der Waals surface area contributed by atoms with Gasteiger partial charge in [-0.25, -0.2) is 0 Å². The van der Waals surface area contributed by atoms with Crippen molar-refractivity contribution in [3.63, 3.8) is 0 Å². The first-order chi connectivity index (χ1) is 15.7. The smallest absolute Gasteiger partial charge is 0.171 e. The van der Waals surface area contributed by atoms with Crippen molar-refractivity contribution in [2.75, 3.05) is 0 Å². The van der Waals surface area contributed by atoms with Gasteiger partial charge in [0.1, 0.15) is 0 Å².